The topological polar surface area (TPSA) is 58.4 Å². The van der Waals surface area contributed by atoms with Crippen LogP contribution < -0.4 is 10.2 Å². The van der Waals surface area contributed by atoms with Crippen LogP contribution in [0.4, 0.5) is 11.4 Å². The standard InChI is InChI=1S/C18H21N3O2/c1-11-17(19-12(2)23-11)18(22)20-15-5-3-4-6-16(15)21-10-13-7-8-14(21)9-13/h3-6,13-14H,7-10H2,1-2H3,(H,20,22). The van der Waals surface area contributed by atoms with E-state index in [4.69, 9.17) is 4.42 Å². The van der Waals surface area contributed by atoms with Gasteiger partial charge in [0.2, 0.25) is 0 Å². The summed E-state index contributed by atoms with van der Waals surface area (Å²) in [5, 5.41) is 3.01. The van der Waals surface area contributed by atoms with Gasteiger partial charge in [-0.25, -0.2) is 4.98 Å². The molecule has 2 atom stereocenters. The summed E-state index contributed by atoms with van der Waals surface area (Å²) in [6.07, 6.45) is 3.88. The van der Waals surface area contributed by atoms with E-state index in [1.807, 2.05) is 18.2 Å². The number of anilines is 2. The Labute approximate surface area is 135 Å². The Morgan fingerprint density at radius 1 is 1.30 bits per heavy atom. The van der Waals surface area contributed by atoms with Crippen LogP contribution in [0.3, 0.4) is 0 Å². The highest BCUT2D eigenvalue weighted by Gasteiger charge is 2.38. The zero-order chi connectivity index (χ0) is 16.0. The van der Waals surface area contributed by atoms with Crippen molar-refractivity contribution >= 4 is 17.3 Å². The van der Waals surface area contributed by atoms with Crippen molar-refractivity contribution < 1.29 is 9.21 Å². The molecule has 4 rings (SSSR count). The van der Waals surface area contributed by atoms with E-state index in [0.717, 1.165) is 23.8 Å². The number of oxazole rings is 1. The molecule has 1 aliphatic heterocycles. The Morgan fingerprint density at radius 3 is 2.78 bits per heavy atom. The number of fused-ring (bicyclic) bond motifs is 2. The number of nitrogens with zero attached hydrogens (tertiary/aromatic N) is 2. The predicted octanol–water partition coefficient (Wildman–Crippen LogP) is 3.53. The third kappa shape index (κ3) is 2.50. The number of benzene rings is 1. The Hall–Kier alpha value is -2.30. The number of aryl methyl sites for hydroxylation is 2. The fourth-order valence-electron chi connectivity index (χ4n) is 3.97. The lowest BCUT2D eigenvalue weighted by atomic mass is 10.1. The molecule has 0 spiro atoms. The van der Waals surface area contributed by atoms with Crippen molar-refractivity contribution in [3.63, 3.8) is 0 Å². The number of rotatable bonds is 3. The first-order valence-corrected chi connectivity index (χ1v) is 8.23. The molecule has 2 heterocycles. The molecule has 2 aliphatic rings. The maximum Gasteiger partial charge on any atom is 0.277 e. The van der Waals surface area contributed by atoms with E-state index in [9.17, 15) is 4.79 Å². The van der Waals surface area contributed by atoms with E-state index in [0.29, 0.717) is 23.4 Å². The van der Waals surface area contributed by atoms with Crippen molar-refractivity contribution in [2.45, 2.75) is 39.2 Å². The van der Waals surface area contributed by atoms with Gasteiger partial charge in [0.15, 0.2) is 11.6 Å². The fourth-order valence-corrected chi connectivity index (χ4v) is 3.97. The number of carbonyl (C=O) groups is 1. The highest BCUT2D eigenvalue weighted by atomic mass is 16.4. The Bertz CT molecular complexity index is 752. The van der Waals surface area contributed by atoms with E-state index in [1.54, 1.807) is 13.8 Å². The fraction of sp³-hybridized carbons (Fsp3) is 0.444. The molecular weight excluding hydrogens is 290 g/mol. The molecule has 1 N–H and O–H groups in total. The van der Waals surface area contributed by atoms with Crippen LogP contribution in [0, 0.1) is 19.8 Å². The number of hydrogen-bond donors (Lipinski definition) is 1. The van der Waals surface area contributed by atoms with Crippen LogP contribution in [-0.2, 0) is 0 Å². The minimum atomic E-state index is -0.212. The summed E-state index contributed by atoms with van der Waals surface area (Å²) in [7, 11) is 0. The van der Waals surface area contributed by atoms with Gasteiger partial charge in [-0.1, -0.05) is 12.1 Å². The van der Waals surface area contributed by atoms with Gasteiger partial charge in [0.05, 0.1) is 11.4 Å². The molecule has 2 unspecified atom stereocenters. The van der Waals surface area contributed by atoms with Gasteiger partial charge in [0, 0.05) is 19.5 Å². The normalized spacial score (nSPS) is 22.6. The quantitative estimate of drug-likeness (QED) is 0.942. The lowest BCUT2D eigenvalue weighted by molar-refractivity contribution is 0.102. The second kappa shape index (κ2) is 5.41. The number of amides is 1. The van der Waals surface area contributed by atoms with Crippen molar-refractivity contribution in [1.29, 1.82) is 0 Å². The van der Waals surface area contributed by atoms with Crippen LogP contribution in [0.2, 0.25) is 0 Å². The largest absolute Gasteiger partial charge is 0.445 e. The summed E-state index contributed by atoms with van der Waals surface area (Å²) in [4.78, 5) is 19.2. The number of piperidine rings is 1. The molecule has 2 fully saturated rings. The van der Waals surface area contributed by atoms with Crippen LogP contribution >= 0.6 is 0 Å². The Kier molecular flexibility index (Phi) is 3.36. The molecule has 5 nitrogen and oxygen atoms in total. The molecule has 1 aromatic heterocycles. The van der Waals surface area contributed by atoms with Crippen LogP contribution in [0.25, 0.3) is 0 Å². The summed E-state index contributed by atoms with van der Waals surface area (Å²) in [5.41, 5.74) is 2.33. The van der Waals surface area contributed by atoms with Gasteiger partial charge in [-0.2, -0.15) is 0 Å². The molecule has 1 aliphatic carbocycles. The van der Waals surface area contributed by atoms with Crippen molar-refractivity contribution in [3.8, 4) is 0 Å². The predicted molar refractivity (Wildman–Crippen MR) is 88.8 cm³/mol. The molecule has 23 heavy (non-hydrogen) atoms. The summed E-state index contributed by atoms with van der Waals surface area (Å²) in [5.74, 6) is 1.66. The van der Waals surface area contributed by atoms with Crippen LogP contribution in [0.15, 0.2) is 28.7 Å². The first-order valence-electron chi connectivity index (χ1n) is 8.23. The summed E-state index contributed by atoms with van der Waals surface area (Å²) in [6, 6.07) is 8.66. The van der Waals surface area contributed by atoms with E-state index in [2.05, 4.69) is 21.3 Å². The van der Waals surface area contributed by atoms with Crippen LogP contribution in [0.5, 0.6) is 0 Å². The molecule has 120 valence electrons. The number of para-hydroxylation sites is 2. The molecular formula is C18H21N3O2. The average Bonchev–Trinajstić information content (AvgIpc) is 3.23. The smallest absolute Gasteiger partial charge is 0.277 e. The molecule has 5 heteroatoms. The van der Waals surface area contributed by atoms with E-state index in [1.165, 1.54) is 19.3 Å². The second-order valence-electron chi connectivity index (χ2n) is 6.59. The van der Waals surface area contributed by atoms with Gasteiger partial charge in [0.1, 0.15) is 5.76 Å². The zero-order valence-corrected chi connectivity index (χ0v) is 13.5. The molecule has 1 amide bonds. The third-order valence-corrected chi connectivity index (χ3v) is 4.99. The number of nitrogens with one attached hydrogen (secondary N) is 1. The first kappa shape index (κ1) is 14.3. The monoisotopic (exact) mass is 311 g/mol. The molecule has 0 radical (unpaired) electrons. The Balaban J connectivity index is 1.60. The first-order chi connectivity index (χ1) is 11.1. The van der Waals surface area contributed by atoms with Gasteiger partial charge in [-0.05, 0) is 44.2 Å². The lowest BCUT2D eigenvalue weighted by Crippen LogP contribution is -2.32. The maximum absolute atomic E-state index is 12.5. The molecule has 1 saturated heterocycles. The number of carbonyl (C=O) groups excluding carboxylic acids is 1. The van der Waals surface area contributed by atoms with Crippen LogP contribution in [-0.4, -0.2) is 23.5 Å². The highest BCUT2D eigenvalue weighted by Crippen LogP contribution is 2.42. The van der Waals surface area contributed by atoms with E-state index < -0.39 is 0 Å². The van der Waals surface area contributed by atoms with Crippen molar-refractivity contribution in [1.82, 2.24) is 4.98 Å². The summed E-state index contributed by atoms with van der Waals surface area (Å²) >= 11 is 0. The zero-order valence-electron chi connectivity index (χ0n) is 13.5. The van der Waals surface area contributed by atoms with E-state index in [-0.39, 0.29) is 5.91 Å². The van der Waals surface area contributed by atoms with Crippen molar-refractivity contribution in [2.24, 2.45) is 5.92 Å². The summed E-state index contributed by atoms with van der Waals surface area (Å²) < 4.78 is 5.36. The number of hydrogen-bond acceptors (Lipinski definition) is 4. The van der Waals surface area contributed by atoms with Crippen LogP contribution in [0.1, 0.15) is 41.4 Å². The molecule has 1 saturated carbocycles. The van der Waals surface area contributed by atoms with Crippen molar-refractivity contribution in [2.75, 3.05) is 16.8 Å². The maximum atomic E-state index is 12.5. The Morgan fingerprint density at radius 2 is 2.13 bits per heavy atom. The van der Waals surface area contributed by atoms with E-state index >= 15 is 0 Å². The number of aromatic nitrogens is 1. The molecule has 1 aromatic carbocycles. The molecule has 2 aromatic rings. The second-order valence-corrected chi connectivity index (χ2v) is 6.59. The van der Waals surface area contributed by atoms with Gasteiger partial charge in [-0.3, -0.25) is 4.79 Å². The van der Waals surface area contributed by atoms with Gasteiger partial charge >= 0.3 is 0 Å². The molecule has 2 bridgehead atoms. The minimum absolute atomic E-state index is 0.212. The van der Waals surface area contributed by atoms with Gasteiger partial charge in [0.25, 0.3) is 5.91 Å². The van der Waals surface area contributed by atoms with Gasteiger partial charge in [-0.15, -0.1) is 0 Å². The minimum Gasteiger partial charge on any atom is -0.445 e. The summed E-state index contributed by atoms with van der Waals surface area (Å²) in [6.45, 7) is 4.61. The third-order valence-electron chi connectivity index (χ3n) is 4.99. The highest BCUT2D eigenvalue weighted by molar-refractivity contribution is 6.05. The lowest BCUT2D eigenvalue weighted by Gasteiger charge is -2.30. The average molecular weight is 311 g/mol. The SMILES string of the molecule is Cc1nc(C(=O)Nc2ccccc2N2CC3CCC2C3)c(C)o1. The van der Waals surface area contributed by atoms with Crippen molar-refractivity contribution in [3.05, 3.63) is 41.6 Å². The van der Waals surface area contributed by atoms with Gasteiger partial charge < -0.3 is 14.6 Å².